The van der Waals surface area contributed by atoms with Crippen LogP contribution in [0, 0.1) is 0 Å². The standard InChI is InChI=1S/C23H30N4O10/c1-3-34-20(28)16-14-19-23(31)37-13-11-33-9-8-32-10-12-36-21(29)17-15-18(22(30)35-4-2)26(25-17)6-5-7-27(19)24-16/h14-15H,3-13H2,1-2H3. The lowest BCUT2D eigenvalue weighted by atomic mass is 10.3. The topological polar surface area (TPSA) is 159 Å². The highest BCUT2D eigenvalue weighted by Gasteiger charge is 2.23. The zero-order valence-corrected chi connectivity index (χ0v) is 20.8. The van der Waals surface area contributed by atoms with E-state index in [0.717, 1.165) is 0 Å². The van der Waals surface area contributed by atoms with E-state index in [1.54, 1.807) is 13.8 Å². The molecule has 2 bridgehead atoms. The summed E-state index contributed by atoms with van der Waals surface area (Å²) in [6.45, 7) is 4.67. The molecule has 0 radical (unpaired) electrons. The van der Waals surface area contributed by atoms with Gasteiger partial charge in [0.1, 0.15) is 24.6 Å². The van der Waals surface area contributed by atoms with E-state index >= 15 is 0 Å². The summed E-state index contributed by atoms with van der Waals surface area (Å²) in [7, 11) is 0. The van der Waals surface area contributed by atoms with Crippen molar-refractivity contribution in [3.05, 3.63) is 34.9 Å². The Bertz CT molecular complexity index is 1090. The zero-order valence-electron chi connectivity index (χ0n) is 20.8. The number of hydrogen-bond donors (Lipinski definition) is 0. The maximum absolute atomic E-state index is 12.7. The van der Waals surface area contributed by atoms with Gasteiger partial charge in [-0.3, -0.25) is 9.36 Å². The van der Waals surface area contributed by atoms with E-state index in [9.17, 15) is 19.2 Å². The summed E-state index contributed by atoms with van der Waals surface area (Å²) < 4.78 is 33.8. The minimum atomic E-state index is -0.713. The van der Waals surface area contributed by atoms with Crippen LogP contribution in [0.3, 0.4) is 0 Å². The molecule has 0 unspecified atom stereocenters. The maximum atomic E-state index is 12.7. The van der Waals surface area contributed by atoms with E-state index in [1.165, 1.54) is 21.5 Å². The highest BCUT2D eigenvalue weighted by molar-refractivity contribution is 5.94. The third-order valence-corrected chi connectivity index (χ3v) is 4.98. The second-order valence-electron chi connectivity index (χ2n) is 7.57. The first-order valence-corrected chi connectivity index (χ1v) is 11.9. The van der Waals surface area contributed by atoms with Crippen molar-refractivity contribution in [2.24, 2.45) is 0 Å². The number of fused-ring (bicyclic) bond motifs is 3. The molecule has 202 valence electrons. The molecule has 37 heavy (non-hydrogen) atoms. The van der Waals surface area contributed by atoms with Crippen LogP contribution in [-0.4, -0.2) is 96.3 Å². The molecule has 14 nitrogen and oxygen atoms in total. The molecule has 0 fully saturated rings. The number of hydrogen-bond acceptors (Lipinski definition) is 12. The van der Waals surface area contributed by atoms with Crippen LogP contribution in [0.15, 0.2) is 12.1 Å². The second kappa shape index (κ2) is 14.1. The first-order chi connectivity index (χ1) is 17.9. The van der Waals surface area contributed by atoms with Crippen molar-refractivity contribution in [3.63, 3.8) is 0 Å². The van der Waals surface area contributed by atoms with Crippen LogP contribution in [0.1, 0.15) is 62.2 Å². The quantitative estimate of drug-likeness (QED) is 0.413. The van der Waals surface area contributed by atoms with Gasteiger partial charge in [-0.1, -0.05) is 0 Å². The Morgan fingerprint density at radius 1 is 0.811 bits per heavy atom. The molecular formula is C23H30N4O10. The lowest BCUT2D eigenvalue weighted by molar-refractivity contribution is 0.00175. The number of carbonyl (C=O) groups excluding carboxylic acids is 4. The van der Waals surface area contributed by atoms with Crippen LogP contribution in [-0.2, 0) is 41.5 Å². The van der Waals surface area contributed by atoms with Crippen molar-refractivity contribution < 1.29 is 47.6 Å². The van der Waals surface area contributed by atoms with Crippen LogP contribution in [0.25, 0.3) is 0 Å². The van der Waals surface area contributed by atoms with Crippen molar-refractivity contribution in [2.45, 2.75) is 33.4 Å². The highest BCUT2D eigenvalue weighted by atomic mass is 16.6. The fraction of sp³-hybridized carbons (Fsp3) is 0.565. The van der Waals surface area contributed by atoms with Gasteiger partial charge in [-0.05, 0) is 20.3 Å². The van der Waals surface area contributed by atoms with Crippen molar-refractivity contribution >= 4 is 23.9 Å². The van der Waals surface area contributed by atoms with E-state index in [0.29, 0.717) is 6.42 Å². The van der Waals surface area contributed by atoms with Gasteiger partial charge in [0.05, 0.1) is 39.6 Å². The molecule has 2 aromatic rings. The summed E-state index contributed by atoms with van der Waals surface area (Å²) in [5.41, 5.74) is 0.0159. The Hall–Kier alpha value is -3.78. The van der Waals surface area contributed by atoms with Crippen LogP contribution in [0.4, 0.5) is 0 Å². The summed E-state index contributed by atoms with van der Waals surface area (Å²) in [6.07, 6.45) is 0.323. The van der Waals surface area contributed by atoms with Gasteiger partial charge in [0, 0.05) is 25.2 Å². The molecule has 0 aliphatic carbocycles. The molecule has 0 aromatic carbocycles. The number of rotatable bonds is 4. The number of esters is 4. The molecular weight excluding hydrogens is 492 g/mol. The van der Waals surface area contributed by atoms with Crippen LogP contribution >= 0.6 is 0 Å². The summed E-state index contributed by atoms with van der Waals surface area (Å²) in [6, 6.07) is 2.60. The zero-order chi connectivity index (χ0) is 26.6. The second-order valence-corrected chi connectivity index (χ2v) is 7.57. The largest absolute Gasteiger partial charge is 0.461 e. The van der Waals surface area contributed by atoms with Gasteiger partial charge in [0.15, 0.2) is 11.4 Å². The lowest BCUT2D eigenvalue weighted by Crippen LogP contribution is -2.19. The third-order valence-electron chi connectivity index (χ3n) is 4.98. The number of aryl methyl sites for hydroxylation is 2. The molecule has 1 aliphatic rings. The molecule has 0 saturated carbocycles. The molecule has 3 heterocycles. The number of aromatic nitrogens is 4. The summed E-state index contributed by atoms with van der Waals surface area (Å²) >= 11 is 0. The molecule has 0 saturated heterocycles. The van der Waals surface area contributed by atoms with Gasteiger partial charge in [0.2, 0.25) is 0 Å². The van der Waals surface area contributed by atoms with E-state index < -0.39 is 23.9 Å². The lowest BCUT2D eigenvalue weighted by Gasteiger charge is -2.10. The predicted octanol–water partition coefficient (Wildman–Crippen LogP) is 0.884. The molecule has 0 amide bonds. The molecule has 0 spiro atoms. The summed E-state index contributed by atoms with van der Waals surface area (Å²) in [5.74, 6) is -2.73. The minimum absolute atomic E-state index is 0.0110. The number of nitrogens with zero attached hydrogens (tertiary/aromatic N) is 4. The van der Waals surface area contributed by atoms with Gasteiger partial charge in [0.25, 0.3) is 0 Å². The van der Waals surface area contributed by atoms with Gasteiger partial charge >= 0.3 is 23.9 Å². The Balaban J connectivity index is 1.84. The summed E-state index contributed by atoms with van der Waals surface area (Å²) in [4.78, 5) is 49.7. The summed E-state index contributed by atoms with van der Waals surface area (Å²) in [5, 5.41) is 8.39. The first-order valence-electron chi connectivity index (χ1n) is 11.9. The van der Waals surface area contributed by atoms with Crippen LogP contribution in [0.2, 0.25) is 0 Å². The van der Waals surface area contributed by atoms with Crippen LogP contribution < -0.4 is 0 Å². The van der Waals surface area contributed by atoms with Crippen molar-refractivity contribution in [3.8, 4) is 0 Å². The average molecular weight is 523 g/mol. The van der Waals surface area contributed by atoms with E-state index in [4.69, 9.17) is 28.4 Å². The van der Waals surface area contributed by atoms with Gasteiger partial charge in [-0.2, -0.15) is 10.2 Å². The van der Waals surface area contributed by atoms with Crippen molar-refractivity contribution in [2.75, 3.05) is 52.9 Å². The average Bonchev–Trinajstić information content (AvgIpc) is 3.50. The minimum Gasteiger partial charge on any atom is -0.461 e. The highest BCUT2D eigenvalue weighted by Crippen LogP contribution is 2.13. The number of carbonyl (C=O) groups is 4. The van der Waals surface area contributed by atoms with Gasteiger partial charge in [-0.25, -0.2) is 19.2 Å². The van der Waals surface area contributed by atoms with E-state index in [2.05, 4.69) is 10.2 Å². The molecule has 1 aliphatic heterocycles. The fourth-order valence-corrected chi connectivity index (χ4v) is 3.34. The Morgan fingerprint density at radius 3 is 2.08 bits per heavy atom. The van der Waals surface area contributed by atoms with Gasteiger partial charge in [-0.15, -0.1) is 0 Å². The maximum Gasteiger partial charge on any atom is 0.358 e. The molecule has 2 aromatic heterocycles. The molecule has 14 heteroatoms. The Kier molecular flexibility index (Phi) is 10.6. The molecule has 0 atom stereocenters. The Labute approximate surface area is 212 Å². The van der Waals surface area contributed by atoms with Gasteiger partial charge < -0.3 is 28.4 Å². The fourth-order valence-electron chi connectivity index (χ4n) is 3.34. The molecule has 0 N–H and O–H groups in total. The first kappa shape index (κ1) is 27.8. The van der Waals surface area contributed by atoms with Crippen molar-refractivity contribution in [1.29, 1.82) is 0 Å². The van der Waals surface area contributed by atoms with E-state index in [1.807, 2.05) is 0 Å². The Morgan fingerprint density at radius 2 is 1.41 bits per heavy atom. The SMILES string of the molecule is CCOC(=O)c1cc2n(n1)CCCn1nc(cc1C(=O)OCC)C(=O)OCCOCCOCCOC2=O. The number of ether oxygens (including phenoxy) is 6. The van der Waals surface area contributed by atoms with Crippen molar-refractivity contribution in [1.82, 2.24) is 19.6 Å². The van der Waals surface area contributed by atoms with Crippen LogP contribution in [0.5, 0.6) is 0 Å². The normalized spacial score (nSPS) is 16.2. The molecule has 3 rings (SSSR count). The number of cyclic esters (lactones) is 2. The smallest absolute Gasteiger partial charge is 0.358 e. The monoisotopic (exact) mass is 522 g/mol. The van der Waals surface area contributed by atoms with E-state index in [-0.39, 0.29) is 88.7 Å². The third kappa shape index (κ3) is 7.85. The predicted molar refractivity (Wildman–Crippen MR) is 123 cm³/mol.